The van der Waals surface area contributed by atoms with Gasteiger partial charge in [0.2, 0.25) is 0 Å². The maximum absolute atomic E-state index is 11.8. The molecule has 0 radical (unpaired) electrons. The van der Waals surface area contributed by atoms with E-state index in [1.54, 1.807) is 19.2 Å². The number of halogens is 1. The highest BCUT2D eigenvalue weighted by Crippen LogP contribution is 2.18. The Hall–Kier alpha value is -1.30. The molecular weight excluding hydrogens is 292 g/mol. The highest BCUT2D eigenvalue weighted by atomic mass is 35.5. The Bertz CT molecular complexity index is 447. The van der Waals surface area contributed by atoms with Crippen LogP contribution in [0.15, 0.2) is 24.3 Å². The van der Waals surface area contributed by atoms with Gasteiger partial charge in [-0.1, -0.05) is 23.7 Å². The molecule has 1 aliphatic heterocycles. The first-order valence-corrected chi connectivity index (χ1v) is 7.48. The monoisotopic (exact) mass is 312 g/mol. The van der Waals surface area contributed by atoms with Crippen LogP contribution in [0, 0.1) is 0 Å². The number of rotatable bonds is 6. The third kappa shape index (κ3) is 5.19. The number of hydrogen-bond donors (Lipinski definition) is 2. The molecule has 2 unspecified atom stereocenters. The lowest BCUT2D eigenvalue weighted by Crippen LogP contribution is -2.41. The average molecular weight is 313 g/mol. The quantitative estimate of drug-likeness (QED) is 0.848. The standard InChI is InChI=1S/C15H21ClN2O3/c1-20-14(11-4-6-12(16)7-5-11)10-18-15(19)17-9-13-3-2-8-21-13/h4-7,13-14H,2-3,8-10H2,1H3,(H2,17,18,19). The minimum atomic E-state index is -0.207. The fourth-order valence-corrected chi connectivity index (χ4v) is 2.40. The number of urea groups is 1. The van der Waals surface area contributed by atoms with Gasteiger partial charge in [-0.15, -0.1) is 0 Å². The van der Waals surface area contributed by atoms with Crippen molar-refractivity contribution in [1.82, 2.24) is 10.6 Å². The van der Waals surface area contributed by atoms with Crippen LogP contribution in [0.3, 0.4) is 0 Å². The molecule has 0 spiro atoms. The summed E-state index contributed by atoms with van der Waals surface area (Å²) in [6.07, 6.45) is 2.02. The summed E-state index contributed by atoms with van der Waals surface area (Å²) in [5.41, 5.74) is 0.973. The van der Waals surface area contributed by atoms with Crippen LogP contribution in [0.2, 0.25) is 5.02 Å². The Morgan fingerprint density at radius 3 is 2.81 bits per heavy atom. The maximum atomic E-state index is 11.8. The van der Waals surface area contributed by atoms with E-state index in [1.165, 1.54) is 0 Å². The second kappa shape index (κ2) is 8.22. The van der Waals surface area contributed by atoms with E-state index in [2.05, 4.69) is 10.6 Å². The summed E-state index contributed by atoms with van der Waals surface area (Å²) in [6.45, 7) is 1.73. The number of nitrogens with one attached hydrogen (secondary N) is 2. The van der Waals surface area contributed by atoms with Crippen molar-refractivity contribution in [2.45, 2.75) is 25.0 Å². The lowest BCUT2D eigenvalue weighted by atomic mass is 10.1. The minimum absolute atomic E-state index is 0.144. The van der Waals surface area contributed by atoms with Gasteiger partial charge in [0.05, 0.1) is 12.2 Å². The summed E-state index contributed by atoms with van der Waals surface area (Å²) in [4.78, 5) is 11.8. The number of carbonyl (C=O) groups excluding carboxylic acids is 1. The Morgan fingerprint density at radius 1 is 1.43 bits per heavy atom. The number of benzene rings is 1. The molecule has 21 heavy (non-hydrogen) atoms. The molecule has 1 aromatic carbocycles. The third-order valence-electron chi connectivity index (χ3n) is 3.49. The summed E-state index contributed by atoms with van der Waals surface area (Å²) in [5.74, 6) is 0. The van der Waals surface area contributed by atoms with Gasteiger partial charge in [-0.25, -0.2) is 4.79 Å². The Morgan fingerprint density at radius 2 is 2.19 bits per heavy atom. The highest BCUT2D eigenvalue weighted by Gasteiger charge is 2.17. The fourth-order valence-electron chi connectivity index (χ4n) is 2.27. The molecule has 0 aliphatic carbocycles. The molecule has 1 fully saturated rings. The first-order valence-electron chi connectivity index (χ1n) is 7.10. The zero-order valence-corrected chi connectivity index (χ0v) is 12.9. The third-order valence-corrected chi connectivity index (χ3v) is 3.74. The SMILES string of the molecule is COC(CNC(=O)NCC1CCCO1)c1ccc(Cl)cc1. The van der Waals surface area contributed by atoms with Gasteiger partial charge in [0.1, 0.15) is 0 Å². The van der Waals surface area contributed by atoms with Gasteiger partial charge in [0, 0.05) is 31.8 Å². The van der Waals surface area contributed by atoms with Gasteiger partial charge >= 0.3 is 6.03 Å². The molecule has 1 heterocycles. The van der Waals surface area contributed by atoms with Crippen molar-refractivity contribution >= 4 is 17.6 Å². The topological polar surface area (TPSA) is 59.6 Å². The van der Waals surface area contributed by atoms with E-state index in [0.29, 0.717) is 18.1 Å². The summed E-state index contributed by atoms with van der Waals surface area (Å²) >= 11 is 5.86. The molecule has 6 heteroatoms. The van der Waals surface area contributed by atoms with Crippen LogP contribution in [0.4, 0.5) is 4.79 Å². The number of amides is 2. The van der Waals surface area contributed by atoms with Crippen LogP contribution >= 0.6 is 11.6 Å². The van der Waals surface area contributed by atoms with E-state index >= 15 is 0 Å². The van der Waals surface area contributed by atoms with Crippen molar-refractivity contribution in [1.29, 1.82) is 0 Å². The molecule has 2 amide bonds. The fraction of sp³-hybridized carbons (Fsp3) is 0.533. The maximum Gasteiger partial charge on any atom is 0.314 e. The number of hydrogen-bond acceptors (Lipinski definition) is 3. The summed E-state index contributed by atoms with van der Waals surface area (Å²) in [5, 5.41) is 6.30. The molecule has 0 saturated carbocycles. The smallest absolute Gasteiger partial charge is 0.314 e. The molecule has 1 aliphatic rings. The largest absolute Gasteiger partial charge is 0.376 e. The zero-order valence-electron chi connectivity index (χ0n) is 12.1. The molecule has 2 N–H and O–H groups in total. The molecule has 5 nitrogen and oxygen atoms in total. The summed E-state index contributed by atoms with van der Waals surface area (Å²) in [7, 11) is 1.62. The zero-order chi connectivity index (χ0) is 15.1. The van der Waals surface area contributed by atoms with E-state index in [4.69, 9.17) is 21.1 Å². The van der Waals surface area contributed by atoms with E-state index in [-0.39, 0.29) is 18.2 Å². The van der Waals surface area contributed by atoms with E-state index in [1.807, 2.05) is 12.1 Å². The van der Waals surface area contributed by atoms with Gasteiger partial charge in [-0.2, -0.15) is 0 Å². The molecular formula is C15H21ClN2O3. The summed E-state index contributed by atoms with van der Waals surface area (Å²) in [6, 6.07) is 7.19. The lowest BCUT2D eigenvalue weighted by Gasteiger charge is -2.17. The van der Waals surface area contributed by atoms with Crippen LogP contribution < -0.4 is 10.6 Å². The Kier molecular flexibility index (Phi) is 6.29. The highest BCUT2D eigenvalue weighted by molar-refractivity contribution is 6.30. The van der Waals surface area contributed by atoms with Gasteiger partial charge in [0.25, 0.3) is 0 Å². The predicted molar refractivity (Wildman–Crippen MR) is 81.6 cm³/mol. The molecule has 0 bridgehead atoms. The van der Waals surface area contributed by atoms with Crippen molar-refractivity contribution < 1.29 is 14.3 Å². The van der Waals surface area contributed by atoms with E-state index < -0.39 is 0 Å². The van der Waals surface area contributed by atoms with Crippen molar-refractivity contribution in [2.75, 3.05) is 26.8 Å². The molecule has 1 saturated heterocycles. The predicted octanol–water partition coefficient (Wildman–Crippen LogP) is 2.51. The van der Waals surface area contributed by atoms with Crippen molar-refractivity contribution in [3.05, 3.63) is 34.9 Å². The number of ether oxygens (including phenoxy) is 2. The van der Waals surface area contributed by atoms with Gasteiger partial charge in [-0.3, -0.25) is 0 Å². The Labute approximate surface area is 130 Å². The van der Waals surface area contributed by atoms with E-state index in [0.717, 1.165) is 25.0 Å². The molecule has 2 atom stereocenters. The molecule has 116 valence electrons. The number of carbonyl (C=O) groups is 1. The molecule has 1 aromatic rings. The van der Waals surface area contributed by atoms with Gasteiger partial charge < -0.3 is 20.1 Å². The van der Waals surface area contributed by atoms with Gasteiger partial charge in [-0.05, 0) is 30.5 Å². The van der Waals surface area contributed by atoms with Crippen LogP contribution in [-0.2, 0) is 9.47 Å². The van der Waals surface area contributed by atoms with Crippen LogP contribution in [-0.4, -0.2) is 38.9 Å². The molecule has 2 rings (SSSR count). The second-order valence-electron chi connectivity index (χ2n) is 5.00. The van der Waals surface area contributed by atoms with Crippen LogP contribution in [0.5, 0.6) is 0 Å². The Balaban J connectivity index is 1.74. The van der Waals surface area contributed by atoms with Crippen molar-refractivity contribution in [3.63, 3.8) is 0 Å². The first kappa shape index (κ1) is 16.1. The minimum Gasteiger partial charge on any atom is -0.376 e. The van der Waals surface area contributed by atoms with Crippen molar-refractivity contribution in [3.8, 4) is 0 Å². The summed E-state index contributed by atoms with van der Waals surface area (Å²) < 4.78 is 10.8. The van der Waals surface area contributed by atoms with Crippen molar-refractivity contribution in [2.24, 2.45) is 0 Å². The van der Waals surface area contributed by atoms with Crippen LogP contribution in [0.25, 0.3) is 0 Å². The van der Waals surface area contributed by atoms with Crippen LogP contribution in [0.1, 0.15) is 24.5 Å². The average Bonchev–Trinajstić information content (AvgIpc) is 3.01. The van der Waals surface area contributed by atoms with E-state index in [9.17, 15) is 4.79 Å². The number of methoxy groups -OCH3 is 1. The lowest BCUT2D eigenvalue weighted by molar-refractivity contribution is 0.101. The normalized spacial score (nSPS) is 19.2. The second-order valence-corrected chi connectivity index (χ2v) is 5.44. The van der Waals surface area contributed by atoms with Gasteiger partial charge in [0.15, 0.2) is 0 Å². The first-order chi connectivity index (χ1) is 10.2. The molecule has 0 aromatic heterocycles.